The Hall–Kier alpha value is -2.22. The predicted octanol–water partition coefficient (Wildman–Crippen LogP) is 0.905. The Morgan fingerprint density at radius 1 is 1.53 bits per heavy atom. The molecule has 0 fully saturated rings. The van der Waals surface area contributed by atoms with Crippen molar-refractivity contribution in [2.75, 3.05) is 12.4 Å². The van der Waals surface area contributed by atoms with Crippen molar-refractivity contribution in [3.8, 4) is 0 Å². The second-order valence-electron chi connectivity index (χ2n) is 2.96. The Kier molecular flexibility index (Phi) is 3.15. The molecule has 0 saturated carbocycles. The number of aromatic amines is 1. The van der Waals surface area contributed by atoms with E-state index in [4.69, 9.17) is 0 Å². The summed E-state index contributed by atoms with van der Waals surface area (Å²) in [6.45, 7) is 0. The van der Waals surface area contributed by atoms with Gasteiger partial charge in [0.25, 0.3) is 5.91 Å². The van der Waals surface area contributed by atoms with Crippen molar-refractivity contribution in [1.29, 1.82) is 0 Å². The van der Waals surface area contributed by atoms with E-state index in [2.05, 4.69) is 25.5 Å². The Balaban J connectivity index is 2.17. The van der Waals surface area contributed by atoms with E-state index in [1.165, 1.54) is 24.6 Å². The number of esters is 1. The third-order valence-electron chi connectivity index (χ3n) is 1.93. The van der Waals surface area contributed by atoms with E-state index in [1.54, 1.807) is 11.4 Å². The number of anilines is 1. The molecule has 0 aliphatic heterocycles. The number of hydrogen-bond acceptors (Lipinski definition) is 6. The van der Waals surface area contributed by atoms with Gasteiger partial charge in [0.05, 0.1) is 19.0 Å². The minimum Gasteiger partial charge on any atom is -0.465 e. The van der Waals surface area contributed by atoms with Crippen LogP contribution < -0.4 is 5.32 Å². The zero-order chi connectivity index (χ0) is 12.3. The average molecular weight is 252 g/mol. The number of aromatic nitrogens is 3. The number of nitrogens with one attached hydrogen (secondary N) is 2. The van der Waals surface area contributed by atoms with Crippen LogP contribution in [-0.2, 0) is 4.74 Å². The monoisotopic (exact) mass is 252 g/mol. The molecular formula is C9H8N4O3S. The molecule has 0 aromatic carbocycles. The fourth-order valence-electron chi connectivity index (χ4n) is 1.16. The highest BCUT2D eigenvalue weighted by Crippen LogP contribution is 2.23. The number of methoxy groups -OCH3 is 1. The zero-order valence-electron chi connectivity index (χ0n) is 8.76. The summed E-state index contributed by atoms with van der Waals surface area (Å²) in [4.78, 5) is 23.4. The normalized spacial score (nSPS) is 9.94. The fourth-order valence-corrected chi connectivity index (χ4v) is 1.92. The van der Waals surface area contributed by atoms with Gasteiger partial charge in [0, 0.05) is 0 Å². The van der Waals surface area contributed by atoms with Gasteiger partial charge in [0.15, 0.2) is 5.69 Å². The highest BCUT2D eigenvalue weighted by Gasteiger charge is 2.17. The molecule has 0 aliphatic rings. The van der Waals surface area contributed by atoms with Crippen LogP contribution in [0.1, 0.15) is 20.2 Å². The van der Waals surface area contributed by atoms with Crippen molar-refractivity contribution in [2.24, 2.45) is 0 Å². The summed E-state index contributed by atoms with van der Waals surface area (Å²) in [6, 6.07) is 1.62. The van der Waals surface area contributed by atoms with E-state index in [-0.39, 0.29) is 5.69 Å². The highest BCUT2D eigenvalue weighted by molar-refractivity contribution is 7.12. The van der Waals surface area contributed by atoms with Gasteiger partial charge in [0.1, 0.15) is 4.88 Å². The molecule has 88 valence electrons. The van der Waals surface area contributed by atoms with Gasteiger partial charge in [0.2, 0.25) is 0 Å². The Labute approximate surface area is 99.8 Å². The molecule has 0 spiro atoms. The first-order chi connectivity index (χ1) is 8.22. The number of carbonyl (C=O) groups excluding carboxylic acids is 2. The number of hydrogen-bond donors (Lipinski definition) is 2. The molecule has 0 unspecified atom stereocenters. The van der Waals surface area contributed by atoms with Crippen LogP contribution in [0.3, 0.4) is 0 Å². The fraction of sp³-hybridized carbons (Fsp3) is 0.111. The van der Waals surface area contributed by atoms with Gasteiger partial charge < -0.3 is 10.1 Å². The maximum atomic E-state index is 11.7. The number of carbonyl (C=O) groups is 2. The van der Waals surface area contributed by atoms with Gasteiger partial charge in [-0.1, -0.05) is 0 Å². The Bertz CT molecular complexity index is 534. The second kappa shape index (κ2) is 4.74. The van der Waals surface area contributed by atoms with Crippen molar-refractivity contribution >= 4 is 28.9 Å². The van der Waals surface area contributed by atoms with Gasteiger partial charge >= 0.3 is 5.97 Å². The van der Waals surface area contributed by atoms with Crippen LogP contribution in [0.2, 0.25) is 0 Å². The number of thiophene rings is 1. The number of H-pyrrole nitrogens is 1. The molecular weight excluding hydrogens is 244 g/mol. The molecule has 1 amide bonds. The topological polar surface area (TPSA) is 97.0 Å². The largest absolute Gasteiger partial charge is 0.465 e. The predicted molar refractivity (Wildman–Crippen MR) is 60.0 cm³/mol. The lowest BCUT2D eigenvalue weighted by atomic mass is 10.3. The molecule has 0 bridgehead atoms. The minimum absolute atomic E-state index is 0.145. The van der Waals surface area contributed by atoms with Crippen LogP contribution in [0.15, 0.2) is 17.6 Å². The minimum atomic E-state index is -0.490. The molecule has 2 heterocycles. The third-order valence-corrected chi connectivity index (χ3v) is 2.83. The van der Waals surface area contributed by atoms with Gasteiger partial charge in [-0.15, -0.1) is 11.3 Å². The summed E-state index contributed by atoms with van der Waals surface area (Å²) < 4.78 is 4.59. The second-order valence-corrected chi connectivity index (χ2v) is 3.88. The van der Waals surface area contributed by atoms with Gasteiger partial charge in [-0.2, -0.15) is 15.4 Å². The first-order valence-electron chi connectivity index (χ1n) is 4.55. The maximum Gasteiger partial charge on any atom is 0.350 e. The summed E-state index contributed by atoms with van der Waals surface area (Å²) >= 11 is 1.19. The quantitative estimate of drug-likeness (QED) is 0.791. The lowest BCUT2D eigenvalue weighted by Gasteiger charge is -2.02. The summed E-state index contributed by atoms with van der Waals surface area (Å²) in [5, 5.41) is 13.7. The van der Waals surface area contributed by atoms with Crippen LogP contribution in [-0.4, -0.2) is 34.4 Å². The summed E-state index contributed by atoms with van der Waals surface area (Å²) in [6.07, 6.45) is 1.29. The lowest BCUT2D eigenvalue weighted by molar-refractivity contribution is 0.0607. The number of nitrogens with zero attached hydrogens (tertiary/aromatic N) is 2. The molecule has 2 aromatic rings. The van der Waals surface area contributed by atoms with Crippen LogP contribution in [0, 0.1) is 0 Å². The zero-order valence-corrected chi connectivity index (χ0v) is 9.58. The summed E-state index contributed by atoms with van der Waals surface area (Å²) in [7, 11) is 1.28. The van der Waals surface area contributed by atoms with Crippen LogP contribution >= 0.6 is 11.3 Å². The van der Waals surface area contributed by atoms with E-state index in [0.717, 1.165) is 0 Å². The Morgan fingerprint density at radius 2 is 2.35 bits per heavy atom. The molecule has 8 heteroatoms. The van der Waals surface area contributed by atoms with Crippen molar-refractivity contribution in [1.82, 2.24) is 15.4 Å². The van der Waals surface area contributed by atoms with Crippen LogP contribution in [0.25, 0.3) is 0 Å². The van der Waals surface area contributed by atoms with E-state index in [9.17, 15) is 9.59 Å². The van der Waals surface area contributed by atoms with E-state index in [1.807, 2.05) is 0 Å². The van der Waals surface area contributed by atoms with Crippen molar-refractivity contribution < 1.29 is 14.3 Å². The van der Waals surface area contributed by atoms with Crippen LogP contribution in [0.5, 0.6) is 0 Å². The average Bonchev–Trinajstić information content (AvgIpc) is 2.98. The SMILES string of the molecule is COC(=O)c1sccc1NC(=O)c1cn[nH]n1. The standard InChI is InChI=1S/C9H8N4O3S/c1-16-9(15)7-5(2-3-17-7)11-8(14)6-4-10-13-12-6/h2-4H,1H3,(H,11,14)(H,10,12,13). The number of rotatable bonds is 3. The van der Waals surface area contributed by atoms with E-state index < -0.39 is 11.9 Å². The van der Waals surface area contributed by atoms with Gasteiger partial charge in [-0.25, -0.2) is 4.79 Å². The highest BCUT2D eigenvalue weighted by atomic mass is 32.1. The van der Waals surface area contributed by atoms with E-state index in [0.29, 0.717) is 10.6 Å². The molecule has 2 aromatic heterocycles. The maximum absolute atomic E-state index is 11.7. The smallest absolute Gasteiger partial charge is 0.350 e. The number of amides is 1. The van der Waals surface area contributed by atoms with Crippen molar-refractivity contribution in [3.05, 3.63) is 28.2 Å². The number of ether oxygens (including phenoxy) is 1. The lowest BCUT2D eigenvalue weighted by Crippen LogP contribution is -2.14. The molecule has 17 heavy (non-hydrogen) atoms. The molecule has 7 nitrogen and oxygen atoms in total. The first-order valence-corrected chi connectivity index (χ1v) is 5.43. The van der Waals surface area contributed by atoms with E-state index >= 15 is 0 Å². The molecule has 2 N–H and O–H groups in total. The van der Waals surface area contributed by atoms with Crippen molar-refractivity contribution in [3.63, 3.8) is 0 Å². The molecule has 0 radical (unpaired) electrons. The third kappa shape index (κ3) is 2.31. The Morgan fingerprint density at radius 3 is 3.00 bits per heavy atom. The molecule has 0 atom stereocenters. The van der Waals surface area contributed by atoms with Gasteiger partial charge in [-0.3, -0.25) is 4.79 Å². The van der Waals surface area contributed by atoms with Gasteiger partial charge in [-0.05, 0) is 11.4 Å². The molecule has 0 aliphatic carbocycles. The van der Waals surface area contributed by atoms with Crippen molar-refractivity contribution in [2.45, 2.75) is 0 Å². The summed E-state index contributed by atoms with van der Waals surface area (Å²) in [5.74, 6) is -0.933. The van der Waals surface area contributed by atoms with Crippen LogP contribution in [0.4, 0.5) is 5.69 Å². The summed E-state index contributed by atoms with van der Waals surface area (Å²) in [5.41, 5.74) is 0.543. The molecule has 0 saturated heterocycles. The first kappa shape index (κ1) is 11.3. The molecule has 2 rings (SSSR count).